The van der Waals surface area contributed by atoms with E-state index in [2.05, 4.69) is 0 Å². The summed E-state index contributed by atoms with van der Waals surface area (Å²) in [5.41, 5.74) is -1.34. The number of aliphatic hydroxyl groups excluding tert-OH is 2. The summed E-state index contributed by atoms with van der Waals surface area (Å²) in [5.74, 6) is -1.88. The van der Waals surface area contributed by atoms with E-state index >= 15 is 0 Å². The third kappa shape index (κ3) is 4.15. The monoisotopic (exact) mass is 342 g/mol. The van der Waals surface area contributed by atoms with Gasteiger partial charge in [0.15, 0.2) is 17.1 Å². The average molecular weight is 342 g/mol. The number of hydrogen-bond acceptors (Lipinski definition) is 7. The molecule has 0 saturated heterocycles. The number of carbonyl (C=O) groups is 1. The van der Waals surface area contributed by atoms with Gasteiger partial charge in [-0.15, -0.1) is 0 Å². The summed E-state index contributed by atoms with van der Waals surface area (Å²) < 4.78 is 5.44. The molecule has 24 heavy (non-hydrogen) atoms. The van der Waals surface area contributed by atoms with Gasteiger partial charge in [0.25, 0.3) is 0 Å². The number of benzene rings is 1. The van der Waals surface area contributed by atoms with Gasteiger partial charge in [-0.1, -0.05) is 6.07 Å². The molecule has 1 saturated carbocycles. The number of hydrogen-bond donors (Lipinski definition) is 6. The molecule has 1 aromatic rings. The maximum atomic E-state index is 11.1. The number of phenols is 2. The molecule has 0 heterocycles. The van der Waals surface area contributed by atoms with E-state index in [0.29, 0.717) is 12.8 Å². The zero-order valence-corrected chi connectivity index (χ0v) is 13.0. The predicted octanol–water partition coefficient (Wildman–Crippen LogP) is -0.253. The highest BCUT2D eigenvalue weighted by molar-refractivity contribution is 5.77. The van der Waals surface area contributed by atoms with E-state index in [-0.39, 0.29) is 24.5 Å². The Bertz CT molecular complexity index is 589. The van der Waals surface area contributed by atoms with Crippen LogP contribution in [0.25, 0.3) is 0 Å². The molecule has 0 aromatic heterocycles. The first-order valence-electron chi connectivity index (χ1n) is 7.67. The van der Waals surface area contributed by atoms with Crippen LogP contribution in [0, 0.1) is 0 Å². The van der Waals surface area contributed by atoms with E-state index in [1.807, 2.05) is 0 Å². The van der Waals surface area contributed by atoms with Gasteiger partial charge >= 0.3 is 5.97 Å². The summed E-state index contributed by atoms with van der Waals surface area (Å²) in [6.45, 7) is 0.172. The van der Waals surface area contributed by atoms with Crippen molar-refractivity contribution < 1.29 is 40.2 Å². The molecule has 0 spiro atoms. The van der Waals surface area contributed by atoms with E-state index < -0.39 is 36.3 Å². The summed E-state index contributed by atoms with van der Waals surface area (Å²) in [4.78, 5) is 11.1. The van der Waals surface area contributed by atoms with Crippen molar-refractivity contribution in [3.05, 3.63) is 23.8 Å². The number of phenolic OH excluding ortho intramolecular Hbond substituents is 2. The maximum absolute atomic E-state index is 11.1. The summed E-state index contributed by atoms with van der Waals surface area (Å²) in [5, 5.41) is 57.3. The lowest BCUT2D eigenvalue weighted by Gasteiger charge is -2.39. The van der Waals surface area contributed by atoms with Crippen LogP contribution >= 0.6 is 0 Å². The van der Waals surface area contributed by atoms with Gasteiger partial charge in [-0.3, -0.25) is 0 Å². The Balaban J connectivity index is 1.86. The zero-order valence-electron chi connectivity index (χ0n) is 13.0. The fourth-order valence-corrected chi connectivity index (χ4v) is 2.82. The smallest absolute Gasteiger partial charge is 0.335 e. The van der Waals surface area contributed by atoms with Gasteiger partial charge in [-0.2, -0.15) is 0 Å². The van der Waals surface area contributed by atoms with Gasteiger partial charge in [-0.25, -0.2) is 4.79 Å². The Morgan fingerprint density at radius 3 is 2.54 bits per heavy atom. The number of aromatic hydroxyl groups is 2. The molecular weight excluding hydrogens is 320 g/mol. The van der Waals surface area contributed by atoms with Crippen molar-refractivity contribution in [1.29, 1.82) is 0 Å². The largest absolute Gasteiger partial charge is 0.504 e. The molecule has 0 unspecified atom stereocenters. The lowest BCUT2D eigenvalue weighted by molar-refractivity contribution is -0.194. The van der Waals surface area contributed by atoms with Crippen LogP contribution in [0.2, 0.25) is 0 Å². The van der Waals surface area contributed by atoms with Gasteiger partial charge in [0.1, 0.15) is 6.10 Å². The molecule has 1 aliphatic rings. The van der Waals surface area contributed by atoms with Crippen molar-refractivity contribution in [2.75, 3.05) is 6.61 Å². The van der Waals surface area contributed by atoms with Crippen LogP contribution in [0.3, 0.4) is 0 Å². The molecular formula is C16H22O8. The number of aliphatic hydroxyl groups is 3. The third-order valence-corrected chi connectivity index (χ3v) is 4.24. The topological polar surface area (TPSA) is 148 Å². The quantitative estimate of drug-likeness (QED) is 0.306. The molecule has 8 nitrogen and oxygen atoms in total. The minimum atomic E-state index is -2.12. The van der Waals surface area contributed by atoms with Gasteiger partial charge in [0.05, 0.1) is 12.2 Å². The van der Waals surface area contributed by atoms with E-state index in [4.69, 9.17) is 9.84 Å². The van der Waals surface area contributed by atoms with Crippen molar-refractivity contribution in [2.24, 2.45) is 0 Å². The molecule has 4 atom stereocenters. The van der Waals surface area contributed by atoms with Crippen molar-refractivity contribution in [3.8, 4) is 11.5 Å². The number of carboxylic acids is 1. The highest BCUT2D eigenvalue weighted by atomic mass is 16.5. The Morgan fingerprint density at radius 2 is 1.92 bits per heavy atom. The van der Waals surface area contributed by atoms with E-state index in [9.17, 15) is 30.3 Å². The molecule has 8 heteroatoms. The molecule has 0 amide bonds. The molecule has 134 valence electrons. The predicted molar refractivity (Wildman–Crippen MR) is 81.7 cm³/mol. The van der Waals surface area contributed by atoms with Crippen LogP contribution in [0.15, 0.2) is 18.2 Å². The average Bonchev–Trinajstić information content (AvgIpc) is 2.51. The number of aliphatic carboxylic acids is 1. The first-order chi connectivity index (χ1) is 11.2. The van der Waals surface area contributed by atoms with Crippen molar-refractivity contribution >= 4 is 5.97 Å². The van der Waals surface area contributed by atoms with E-state index in [0.717, 1.165) is 5.56 Å². The summed E-state index contributed by atoms with van der Waals surface area (Å²) in [7, 11) is 0. The molecule has 2 rings (SSSR count). The standard InChI is InChI=1S/C16H22O8/c17-10-4-3-9(6-11(10)18)2-1-5-24-13-8-16(23,15(21)22)7-12(19)14(13)20/h3-4,6,12-14,17-20,23H,1-2,5,7-8H2,(H,21,22)/t12-,13-,14+,16-/m1/s1. The molecule has 1 aromatic carbocycles. The highest BCUT2D eigenvalue weighted by Gasteiger charge is 2.49. The molecule has 0 radical (unpaired) electrons. The Hall–Kier alpha value is -1.87. The van der Waals surface area contributed by atoms with Crippen LogP contribution in [0.4, 0.5) is 0 Å². The van der Waals surface area contributed by atoms with E-state index in [1.54, 1.807) is 6.07 Å². The highest BCUT2D eigenvalue weighted by Crippen LogP contribution is 2.31. The second-order valence-electron chi connectivity index (χ2n) is 6.14. The maximum Gasteiger partial charge on any atom is 0.335 e. The van der Waals surface area contributed by atoms with Crippen LogP contribution in [-0.2, 0) is 16.0 Å². The Labute approximate surface area is 138 Å². The number of carboxylic acid groups (broad SMARTS) is 1. The first kappa shape index (κ1) is 18.5. The lowest BCUT2D eigenvalue weighted by atomic mass is 9.79. The molecule has 0 bridgehead atoms. The van der Waals surface area contributed by atoms with Crippen LogP contribution in [-0.4, -0.2) is 67.1 Å². The van der Waals surface area contributed by atoms with Gasteiger partial charge in [0, 0.05) is 19.4 Å². The second kappa shape index (κ2) is 7.35. The molecule has 0 aliphatic heterocycles. The third-order valence-electron chi connectivity index (χ3n) is 4.24. The van der Waals surface area contributed by atoms with Crippen LogP contribution < -0.4 is 0 Å². The van der Waals surface area contributed by atoms with E-state index in [1.165, 1.54) is 12.1 Å². The Kier molecular flexibility index (Phi) is 5.66. The van der Waals surface area contributed by atoms with Crippen molar-refractivity contribution in [2.45, 2.75) is 49.6 Å². The van der Waals surface area contributed by atoms with Gasteiger partial charge in [0.2, 0.25) is 0 Å². The van der Waals surface area contributed by atoms with Gasteiger partial charge < -0.3 is 35.4 Å². The minimum Gasteiger partial charge on any atom is -0.504 e. The first-order valence-corrected chi connectivity index (χ1v) is 7.67. The van der Waals surface area contributed by atoms with Crippen LogP contribution in [0.1, 0.15) is 24.8 Å². The minimum absolute atomic E-state index is 0.172. The molecule has 1 fully saturated rings. The van der Waals surface area contributed by atoms with Gasteiger partial charge in [-0.05, 0) is 30.5 Å². The second-order valence-corrected chi connectivity index (χ2v) is 6.14. The molecule has 6 N–H and O–H groups in total. The van der Waals surface area contributed by atoms with Crippen LogP contribution in [0.5, 0.6) is 11.5 Å². The SMILES string of the molecule is O=C(O)[C@@]1(O)C[C@@H](O)[C@H](O)[C@H](OCCCc2ccc(O)c(O)c2)C1. The fourth-order valence-electron chi connectivity index (χ4n) is 2.82. The van der Waals surface area contributed by atoms with Crippen molar-refractivity contribution in [1.82, 2.24) is 0 Å². The molecule has 1 aliphatic carbocycles. The number of rotatable bonds is 6. The fraction of sp³-hybridized carbons (Fsp3) is 0.562. The zero-order chi connectivity index (χ0) is 17.9. The number of aryl methyl sites for hydroxylation is 1. The Morgan fingerprint density at radius 1 is 1.21 bits per heavy atom. The summed E-state index contributed by atoms with van der Waals surface area (Å²) in [6, 6.07) is 4.45. The lowest BCUT2D eigenvalue weighted by Crippen LogP contribution is -2.56. The summed E-state index contributed by atoms with van der Waals surface area (Å²) in [6.07, 6.45) is -3.34. The van der Waals surface area contributed by atoms with Crippen molar-refractivity contribution in [3.63, 3.8) is 0 Å². The normalized spacial score (nSPS) is 30.2. The summed E-state index contributed by atoms with van der Waals surface area (Å²) >= 11 is 0. The number of ether oxygens (including phenoxy) is 1.